The number of nitrogens with zero attached hydrogens (tertiary/aromatic N) is 1. The summed E-state index contributed by atoms with van der Waals surface area (Å²) in [4.78, 5) is 12.9. The molecular weight excluding hydrogens is 468 g/mol. The normalized spacial score (nSPS) is 16.1. The highest BCUT2D eigenvalue weighted by molar-refractivity contribution is 5.74. The molecule has 2 aliphatic rings. The van der Waals surface area contributed by atoms with Gasteiger partial charge in [0.1, 0.15) is 24.2 Å². The van der Waals surface area contributed by atoms with Crippen LogP contribution in [0.4, 0.5) is 13.6 Å². The Morgan fingerprint density at radius 2 is 1.92 bits per heavy atom. The van der Waals surface area contributed by atoms with E-state index >= 15 is 0 Å². The van der Waals surface area contributed by atoms with Gasteiger partial charge in [0.15, 0.2) is 0 Å². The lowest BCUT2D eigenvalue weighted by molar-refractivity contribution is -0.0509. The minimum atomic E-state index is -2.89. The first-order valence-corrected chi connectivity index (χ1v) is 12.4. The number of alkyl halides is 2. The van der Waals surface area contributed by atoms with E-state index in [1.807, 2.05) is 26.0 Å². The first-order chi connectivity index (χ1) is 17.2. The predicted octanol–water partition coefficient (Wildman–Crippen LogP) is 6.23. The van der Waals surface area contributed by atoms with Crippen molar-refractivity contribution in [3.63, 3.8) is 0 Å². The fourth-order valence-electron chi connectivity index (χ4n) is 5.08. The van der Waals surface area contributed by atoms with Gasteiger partial charge in [0, 0.05) is 25.2 Å². The summed E-state index contributed by atoms with van der Waals surface area (Å²) in [5.41, 5.74) is 7.65. The Balaban J connectivity index is 1.45. The van der Waals surface area contributed by atoms with Crippen LogP contribution in [0.3, 0.4) is 0 Å². The zero-order chi connectivity index (χ0) is 25.8. The number of halogens is 2. The van der Waals surface area contributed by atoms with Crippen LogP contribution in [0.25, 0.3) is 5.57 Å². The molecule has 1 heterocycles. The van der Waals surface area contributed by atoms with E-state index in [9.17, 15) is 13.6 Å². The maximum Gasteiger partial charge on any atom is 0.506 e. The number of carbonyl (C=O) groups is 1. The lowest BCUT2D eigenvalue weighted by Gasteiger charge is -2.39. The molecule has 0 saturated carbocycles. The van der Waals surface area contributed by atoms with E-state index in [1.54, 1.807) is 12.1 Å². The molecule has 1 saturated heterocycles. The molecular formula is C28H33F2NO5. The number of carboxylic acid groups (broad SMARTS) is 1. The van der Waals surface area contributed by atoms with E-state index in [1.165, 1.54) is 22.3 Å². The molecule has 0 amide bonds. The summed E-state index contributed by atoms with van der Waals surface area (Å²) in [6.07, 6.45) is 2.07. The van der Waals surface area contributed by atoms with E-state index < -0.39 is 12.8 Å². The van der Waals surface area contributed by atoms with E-state index in [4.69, 9.17) is 19.3 Å². The van der Waals surface area contributed by atoms with Crippen LogP contribution in [0.15, 0.2) is 35.9 Å². The van der Waals surface area contributed by atoms with Crippen LogP contribution in [-0.2, 0) is 24.2 Å². The van der Waals surface area contributed by atoms with E-state index in [2.05, 4.69) is 17.9 Å². The highest BCUT2D eigenvalue weighted by Crippen LogP contribution is 2.37. The monoisotopic (exact) mass is 501 g/mol. The second kappa shape index (κ2) is 11.3. The molecule has 1 fully saturated rings. The molecule has 0 bridgehead atoms. The maximum atomic E-state index is 13.0. The summed E-state index contributed by atoms with van der Waals surface area (Å²) in [5.74, 6) is 0.902. The van der Waals surface area contributed by atoms with Gasteiger partial charge in [-0.25, -0.2) is 4.79 Å². The number of aryl methyl sites for hydroxylation is 1. The summed E-state index contributed by atoms with van der Waals surface area (Å²) in [5, 5.41) is 8.74. The molecule has 0 radical (unpaired) electrons. The van der Waals surface area contributed by atoms with Crippen LogP contribution in [0.1, 0.15) is 54.5 Å². The van der Waals surface area contributed by atoms with Gasteiger partial charge >= 0.3 is 12.8 Å². The first kappa shape index (κ1) is 25.9. The molecule has 0 spiro atoms. The fourth-order valence-corrected chi connectivity index (χ4v) is 5.08. The SMILES string of the molecule is CCCc1ccc(COc2ccc3c(c2C)CCC(CN2CC(OC(=O)O)C2)=C3C)c(OC(F)F)c1. The van der Waals surface area contributed by atoms with Gasteiger partial charge in [-0.2, -0.15) is 8.78 Å². The van der Waals surface area contributed by atoms with Gasteiger partial charge < -0.3 is 19.3 Å². The zero-order valence-corrected chi connectivity index (χ0v) is 21.0. The maximum absolute atomic E-state index is 13.0. The van der Waals surface area contributed by atoms with Gasteiger partial charge in [-0.3, -0.25) is 4.90 Å². The third-order valence-corrected chi connectivity index (χ3v) is 7.03. The second-order valence-electron chi connectivity index (χ2n) is 9.50. The molecule has 2 aromatic carbocycles. The van der Waals surface area contributed by atoms with Crippen molar-refractivity contribution in [1.29, 1.82) is 0 Å². The van der Waals surface area contributed by atoms with Crippen LogP contribution in [0.5, 0.6) is 11.5 Å². The van der Waals surface area contributed by atoms with Gasteiger partial charge in [0.25, 0.3) is 0 Å². The van der Waals surface area contributed by atoms with Gasteiger partial charge in [0.2, 0.25) is 0 Å². The number of hydrogen-bond acceptors (Lipinski definition) is 5. The van der Waals surface area contributed by atoms with Crippen molar-refractivity contribution in [2.45, 2.75) is 65.8 Å². The van der Waals surface area contributed by atoms with Crippen molar-refractivity contribution in [3.05, 3.63) is 63.7 Å². The molecule has 36 heavy (non-hydrogen) atoms. The third kappa shape index (κ3) is 5.98. The van der Waals surface area contributed by atoms with Crippen LogP contribution in [0.2, 0.25) is 0 Å². The molecule has 0 atom stereocenters. The molecule has 1 aliphatic carbocycles. The summed E-state index contributed by atoms with van der Waals surface area (Å²) in [7, 11) is 0. The minimum absolute atomic E-state index is 0.142. The Bertz CT molecular complexity index is 1140. The van der Waals surface area contributed by atoms with Gasteiger partial charge in [-0.05, 0) is 73.1 Å². The lowest BCUT2D eigenvalue weighted by atomic mass is 9.83. The van der Waals surface area contributed by atoms with Crippen molar-refractivity contribution in [2.75, 3.05) is 19.6 Å². The van der Waals surface area contributed by atoms with Gasteiger partial charge in [-0.1, -0.05) is 37.1 Å². The standard InChI is InChI=1S/C28H33F2NO5/c1-4-5-19-6-7-21(26(12-19)36-27(29)30)16-34-25-11-10-23-17(2)20(8-9-24(23)18(25)3)13-31-14-22(15-31)35-28(32)33/h6-7,10-12,22,27H,4-5,8-9,13-16H2,1-3H3,(H,32,33). The molecule has 4 rings (SSSR count). The summed E-state index contributed by atoms with van der Waals surface area (Å²) in [6.45, 7) is 5.52. The van der Waals surface area contributed by atoms with Gasteiger partial charge in [-0.15, -0.1) is 0 Å². The number of benzene rings is 2. The smallest absolute Gasteiger partial charge is 0.488 e. The van der Waals surface area contributed by atoms with E-state index in [-0.39, 0.29) is 18.5 Å². The number of rotatable bonds is 10. The highest BCUT2D eigenvalue weighted by atomic mass is 19.3. The Labute approximate surface area is 210 Å². The molecule has 1 N–H and O–H groups in total. The average molecular weight is 502 g/mol. The molecule has 0 aromatic heterocycles. The number of allylic oxidation sites excluding steroid dienone is 1. The van der Waals surface area contributed by atoms with Crippen LogP contribution >= 0.6 is 0 Å². The quantitative estimate of drug-likeness (QED) is 0.390. The number of fused-ring (bicyclic) bond motifs is 1. The fraction of sp³-hybridized carbons (Fsp3) is 0.464. The number of likely N-dealkylation sites (tertiary alicyclic amines) is 1. The van der Waals surface area contributed by atoms with Crippen molar-refractivity contribution in [3.8, 4) is 11.5 Å². The third-order valence-electron chi connectivity index (χ3n) is 7.03. The molecule has 0 unspecified atom stereocenters. The minimum Gasteiger partial charge on any atom is -0.488 e. The molecule has 2 aromatic rings. The van der Waals surface area contributed by atoms with Gasteiger partial charge in [0.05, 0.1) is 0 Å². The molecule has 8 heteroatoms. The average Bonchev–Trinajstić information content (AvgIpc) is 2.79. The largest absolute Gasteiger partial charge is 0.506 e. The Hall–Kier alpha value is -3.13. The number of hydrogen-bond donors (Lipinski definition) is 1. The van der Waals surface area contributed by atoms with Crippen LogP contribution in [0, 0.1) is 6.92 Å². The number of ether oxygens (including phenoxy) is 3. The highest BCUT2D eigenvalue weighted by Gasteiger charge is 2.31. The van der Waals surface area contributed by atoms with Crippen molar-refractivity contribution < 1.29 is 32.9 Å². The Morgan fingerprint density at radius 1 is 1.14 bits per heavy atom. The topological polar surface area (TPSA) is 68.2 Å². The van der Waals surface area contributed by atoms with Crippen molar-refractivity contribution >= 4 is 11.7 Å². The van der Waals surface area contributed by atoms with Crippen molar-refractivity contribution in [1.82, 2.24) is 4.90 Å². The summed E-state index contributed by atoms with van der Waals surface area (Å²) in [6, 6.07) is 9.43. The molecule has 1 aliphatic heterocycles. The van der Waals surface area contributed by atoms with Crippen LogP contribution < -0.4 is 9.47 Å². The zero-order valence-electron chi connectivity index (χ0n) is 21.0. The second-order valence-corrected chi connectivity index (χ2v) is 9.50. The van der Waals surface area contributed by atoms with Crippen molar-refractivity contribution in [2.24, 2.45) is 0 Å². The molecule has 194 valence electrons. The Morgan fingerprint density at radius 3 is 2.61 bits per heavy atom. The Kier molecular flexibility index (Phi) is 8.14. The first-order valence-electron chi connectivity index (χ1n) is 12.4. The predicted molar refractivity (Wildman–Crippen MR) is 133 cm³/mol. The summed E-state index contributed by atoms with van der Waals surface area (Å²) < 4.78 is 41.6. The summed E-state index contributed by atoms with van der Waals surface area (Å²) >= 11 is 0. The van der Waals surface area contributed by atoms with E-state index in [0.717, 1.165) is 49.1 Å². The lowest BCUT2D eigenvalue weighted by Crippen LogP contribution is -2.53. The molecule has 6 nitrogen and oxygen atoms in total. The van der Waals surface area contributed by atoms with Crippen LogP contribution in [-0.4, -0.2) is 48.5 Å². The van der Waals surface area contributed by atoms with E-state index in [0.29, 0.717) is 18.7 Å².